The molecule has 2 heterocycles. The number of aryl methyl sites for hydroxylation is 1. The van der Waals surface area contributed by atoms with Gasteiger partial charge >= 0.3 is 6.18 Å². The third kappa shape index (κ3) is 4.50. The number of rotatable bonds is 4. The molecular formula is C16H19ClF3N5O2S2. The van der Waals surface area contributed by atoms with E-state index < -0.39 is 31.7 Å². The first-order valence-electron chi connectivity index (χ1n) is 8.61. The Labute approximate surface area is 176 Å². The first kappa shape index (κ1) is 22.2. The molecule has 29 heavy (non-hydrogen) atoms. The summed E-state index contributed by atoms with van der Waals surface area (Å²) < 4.78 is 70.0. The monoisotopic (exact) mass is 469 g/mol. The molecule has 3 rings (SSSR count). The van der Waals surface area contributed by atoms with E-state index in [1.807, 2.05) is 18.9 Å². The molecule has 160 valence electrons. The van der Waals surface area contributed by atoms with E-state index in [1.165, 1.54) is 4.31 Å². The minimum atomic E-state index is -4.73. The SMILES string of the molecule is Cc1nn(CN2CCN(S(=O)(=O)c3ccc(Cl)c(C(F)(F)F)c3)CC2)c(=S)n1C. The van der Waals surface area contributed by atoms with E-state index in [2.05, 4.69) is 5.10 Å². The zero-order valence-electron chi connectivity index (χ0n) is 15.6. The number of halogens is 4. The lowest BCUT2D eigenvalue weighted by Gasteiger charge is -2.33. The van der Waals surface area contributed by atoms with Gasteiger partial charge in [0, 0.05) is 33.2 Å². The second kappa shape index (κ2) is 7.99. The van der Waals surface area contributed by atoms with Crippen LogP contribution in [-0.4, -0.2) is 58.1 Å². The van der Waals surface area contributed by atoms with Gasteiger partial charge in [0.15, 0.2) is 4.77 Å². The maximum atomic E-state index is 13.1. The summed E-state index contributed by atoms with van der Waals surface area (Å²) in [7, 11) is -2.26. The summed E-state index contributed by atoms with van der Waals surface area (Å²) in [5, 5.41) is 3.80. The van der Waals surface area contributed by atoms with Gasteiger partial charge in [0.2, 0.25) is 10.0 Å². The number of alkyl halides is 3. The van der Waals surface area contributed by atoms with E-state index in [-0.39, 0.29) is 13.1 Å². The standard InChI is InChI=1S/C16H19ClF3N5O2S2/c1-11-21-25(15(28)22(11)2)10-23-5-7-24(8-6-23)29(26,27)12-3-4-14(17)13(9-12)16(18,19)20/h3-4,9H,5-8,10H2,1-2H3. The molecule has 0 bridgehead atoms. The van der Waals surface area contributed by atoms with Gasteiger partial charge in [0.1, 0.15) is 5.82 Å². The van der Waals surface area contributed by atoms with Crippen LogP contribution in [0.3, 0.4) is 0 Å². The molecule has 2 aromatic rings. The van der Waals surface area contributed by atoms with Crippen molar-refractivity contribution in [2.24, 2.45) is 7.05 Å². The molecule has 1 aliphatic heterocycles. The predicted octanol–water partition coefficient (Wildman–Crippen LogP) is 2.90. The van der Waals surface area contributed by atoms with E-state index >= 15 is 0 Å². The second-order valence-corrected chi connectivity index (χ2v) is 9.40. The summed E-state index contributed by atoms with van der Waals surface area (Å²) in [5.41, 5.74) is -1.17. The van der Waals surface area contributed by atoms with Crippen molar-refractivity contribution in [2.75, 3.05) is 26.2 Å². The van der Waals surface area contributed by atoms with Crippen molar-refractivity contribution in [3.63, 3.8) is 0 Å². The highest BCUT2D eigenvalue weighted by molar-refractivity contribution is 7.89. The molecule has 0 atom stereocenters. The van der Waals surface area contributed by atoms with Crippen molar-refractivity contribution in [1.29, 1.82) is 0 Å². The Morgan fingerprint density at radius 3 is 2.34 bits per heavy atom. The Morgan fingerprint density at radius 2 is 1.83 bits per heavy atom. The van der Waals surface area contributed by atoms with E-state index in [1.54, 1.807) is 9.25 Å². The van der Waals surface area contributed by atoms with Crippen LogP contribution in [0.15, 0.2) is 23.1 Å². The van der Waals surface area contributed by atoms with Crippen LogP contribution in [0.25, 0.3) is 0 Å². The Bertz CT molecular complexity index is 1070. The first-order valence-corrected chi connectivity index (χ1v) is 10.8. The maximum Gasteiger partial charge on any atom is 0.417 e. The number of sulfonamides is 1. The highest BCUT2D eigenvalue weighted by Crippen LogP contribution is 2.36. The molecule has 1 fully saturated rings. The molecule has 1 aliphatic rings. The summed E-state index contributed by atoms with van der Waals surface area (Å²) in [6, 6.07) is 2.63. The lowest BCUT2D eigenvalue weighted by atomic mass is 10.2. The molecule has 0 N–H and O–H groups in total. The zero-order chi connectivity index (χ0) is 21.6. The van der Waals surface area contributed by atoms with Crippen LogP contribution in [0.5, 0.6) is 0 Å². The Balaban J connectivity index is 1.73. The lowest BCUT2D eigenvalue weighted by molar-refractivity contribution is -0.137. The number of piperazine rings is 1. The van der Waals surface area contributed by atoms with Crippen LogP contribution in [0.2, 0.25) is 5.02 Å². The van der Waals surface area contributed by atoms with Gasteiger partial charge in [-0.3, -0.25) is 4.90 Å². The summed E-state index contributed by atoms with van der Waals surface area (Å²) in [6.45, 7) is 3.33. The fourth-order valence-electron chi connectivity index (χ4n) is 3.02. The van der Waals surface area contributed by atoms with Gasteiger partial charge in [-0.1, -0.05) is 11.6 Å². The molecule has 0 spiro atoms. The zero-order valence-corrected chi connectivity index (χ0v) is 18.0. The molecule has 0 unspecified atom stereocenters. The molecule has 13 heteroatoms. The van der Waals surface area contributed by atoms with Gasteiger partial charge in [0.05, 0.1) is 22.2 Å². The summed E-state index contributed by atoms with van der Waals surface area (Å²) in [6.07, 6.45) is -4.73. The smallest absolute Gasteiger partial charge is 0.307 e. The van der Waals surface area contributed by atoms with Crippen LogP contribution in [0.4, 0.5) is 13.2 Å². The molecule has 0 saturated carbocycles. The van der Waals surface area contributed by atoms with Crippen LogP contribution in [0, 0.1) is 11.7 Å². The van der Waals surface area contributed by atoms with Crippen LogP contribution in [0.1, 0.15) is 11.4 Å². The number of benzene rings is 1. The Kier molecular flexibility index (Phi) is 6.12. The summed E-state index contributed by atoms with van der Waals surface area (Å²) in [5.74, 6) is 0.763. The van der Waals surface area contributed by atoms with Gasteiger partial charge in [-0.05, 0) is 37.3 Å². The topological polar surface area (TPSA) is 63.4 Å². The molecule has 1 aromatic carbocycles. The van der Waals surface area contributed by atoms with Crippen molar-refractivity contribution >= 4 is 33.8 Å². The molecule has 0 radical (unpaired) electrons. The lowest BCUT2D eigenvalue weighted by Crippen LogP contribution is -2.49. The molecule has 0 aliphatic carbocycles. The number of hydrogen-bond acceptors (Lipinski definition) is 5. The van der Waals surface area contributed by atoms with E-state index in [9.17, 15) is 21.6 Å². The largest absolute Gasteiger partial charge is 0.417 e. The minimum Gasteiger partial charge on any atom is -0.307 e. The van der Waals surface area contributed by atoms with Crippen LogP contribution >= 0.6 is 23.8 Å². The van der Waals surface area contributed by atoms with Crippen LogP contribution in [-0.2, 0) is 29.9 Å². The normalized spacial score (nSPS) is 17.0. The van der Waals surface area contributed by atoms with Gasteiger partial charge < -0.3 is 4.57 Å². The van der Waals surface area contributed by atoms with Crippen molar-refractivity contribution in [3.8, 4) is 0 Å². The van der Waals surface area contributed by atoms with Crippen LogP contribution < -0.4 is 0 Å². The molecule has 0 amide bonds. The molecule has 7 nitrogen and oxygen atoms in total. The fourth-order valence-corrected chi connectivity index (χ4v) is 4.92. The third-order valence-electron chi connectivity index (χ3n) is 4.80. The fraction of sp³-hybridized carbons (Fsp3) is 0.500. The van der Waals surface area contributed by atoms with Gasteiger partial charge in [-0.15, -0.1) is 0 Å². The van der Waals surface area contributed by atoms with Gasteiger partial charge in [0.25, 0.3) is 0 Å². The first-order chi connectivity index (χ1) is 13.4. The van der Waals surface area contributed by atoms with Crippen molar-refractivity contribution < 1.29 is 21.6 Å². The second-order valence-electron chi connectivity index (χ2n) is 6.69. The number of hydrogen-bond donors (Lipinski definition) is 0. The van der Waals surface area contributed by atoms with E-state index in [4.69, 9.17) is 23.8 Å². The average molecular weight is 470 g/mol. The average Bonchev–Trinajstić information content (AvgIpc) is 2.88. The summed E-state index contributed by atoms with van der Waals surface area (Å²) >= 11 is 10.9. The van der Waals surface area contributed by atoms with Crippen molar-refractivity contribution in [1.82, 2.24) is 23.6 Å². The van der Waals surface area contributed by atoms with Crippen molar-refractivity contribution in [3.05, 3.63) is 39.4 Å². The van der Waals surface area contributed by atoms with Gasteiger partial charge in [-0.2, -0.15) is 22.6 Å². The number of nitrogens with zero attached hydrogens (tertiary/aromatic N) is 5. The van der Waals surface area contributed by atoms with E-state index in [0.717, 1.165) is 18.0 Å². The maximum absolute atomic E-state index is 13.1. The third-order valence-corrected chi connectivity index (χ3v) is 7.51. The Hall–Kier alpha value is -1.47. The number of aromatic nitrogens is 3. The highest BCUT2D eigenvalue weighted by atomic mass is 35.5. The van der Waals surface area contributed by atoms with Gasteiger partial charge in [-0.25, -0.2) is 13.1 Å². The highest BCUT2D eigenvalue weighted by Gasteiger charge is 2.36. The quantitative estimate of drug-likeness (QED) is 0.644. The summed E-state index contributed by atoms with van der Waals surface area (Å²) in [4.78, 5) is 1.56. The molecule has 1 aromatic heterocycles. The van der Waals surface area contributed by atoms with E-state index in [0.29, 0.717) is 30.6 Å². The Morgan fingerprint density at radius 1 is 1.21 bits per heavy atom. The minimum absolute atomic E-state index is 0.144. The predicted molar refractivity (Wildman–Crippen MR) is 104 cm³/mol. The molecule has 1 saturated heterocycles. The van der Waals surface area contributed by atoms with Crippen molar-refractivity contribution in [2.45, 2.75) is 24.7 Å². The molecular weight excluding hydrogens is 451 g/mol.